The van der Waals surface area contributed by atoms with Crippen molar-refractivity contribution < 1.29 is 0 Å². The van der Waals surface area contributed by atoms with Gasteiger partial charge in [-0.05, 0) is 32.8 Å². The molecule has 76 valence electrons. The lowest BCUT2D eigenvalue weighted by Crippen LogP contribution is -2.17. The topological polar surface area (TPSA) is 37.8 Å². The summed E-state index contributed by atoms with van der Waals surface area (Å²) in [5, 5.41) is 3.40. The summed E-state index contributed by atoms with van der Waals surface area (Å²) in [6.07, 6.45) is 5.19. The van der Waals surface area contributed by atoms with Crippen LogP contribution in [-0.2, 0) is 0 Å². The number of nitrogens with one attached hydrogen (secondary N) is 1. The van der Waals surface area contributed by atoms with Crippen LogP contribution in [-0.4, -0.2) is 16.0 Å². The summed E-state index contributed by atoms with van der Waals surface area (Å²) < 4.78 is 0. The van der Waals surface area contributed by atoms with Crippen molar-refractivity contribution in [2.45, 2.75) is 45.6 Å². The van der Waals surface area contributed by atoms with Gasteiger partial charge in [-0.15, -0.1) is 0 Å². The summed E-state index contributed by atoms with van der Waals surface area (Å²) in [5.41, 5.74) is 2.08. The molecule has 1 aliphatic rings. The SMILES string of the molecule is Cc1cc(C)nc(NC2CCCC2)n1. The third kappa shape index (κ3) is 2.22. The molecule has 1 saturated carbocycles. The number of hydrogen-bond acceptors (Lipinski definition) is 3. The quantitative estimate of drug-likeness (QED) is 0.780. The Bertz CT molecular complexity index is 296. The summed E-state index contributed by atoms with van der Waals surface area (Å²) in [7, 11) is 0. The smallest absolute Gasteiger partial charge is 0.223 e. The van der Waals surface area contributed by atoms with Gasteiger partial charge in [-0.3, -0.25) is 0 Å². The van der Waals surface area contributed by atoms with Crippen molar-refractivity contribution in [2.24, 2.45) is 0 Å². The molecule has 1 fully saturated rings. The molecule has 0 aliphatic heterocycles. The molecular formula is C11H17N3. The molecule has 2 rings (SSSR count). The fourth-order valence-electron chi connectivity index (χ4n) is 2.04. The van der Waals surface area contributed by atoms with E-state index in [1.165, 1.54) is 25.7 Å². The Balaban J connectivity index is 2.07. The van der Waals surface area contributed by atoms with Crippen molar-refractivity contribution in [2.75, 3.05) is 5.32 Å². The molecule has 0 amide bonds. The lowest BCUT2D eigenvalue weighted by atomic mass is 10.2. The molecule has 1 aliphatic carbocycles. The monoisotopic (exact) mass is 191 g/mol. The molecule has 0 spiro atoms. The van der Waals surface area contributed by atoms with Crippen LogP contribution >= 0.6 is 0 Å². The number of aryl methyl sites for hydroxylation is 2. The van der Waals surface area contributed by atoms with E-state index in [4.69, 9.17) is 0 Å². The molecule has 1 N–H and O–H groups in total. The lowest BCUT2D eigenvalue weighted by molar-refractivity contribution is 0.742. The standard InChI is InChI=1S/C11H17N3/c1-8-7-9(2)13-11(12-8)14-10-5-3-4-6-10/h7,10H,3-6H2,1-2H3,(H,12,13,14). The largest absolute Gasteiger partial charge is 0.351 e. The first kappa shape index (κ1) is 9.44. The normalized spacial score (nSPS) is 17.3. The fourth-order valence-corrected chi connectivity index (χ4v) is 2.04. The first-order valence-corrected chi connectivity index (χ1v) is 5.33. The number of rotatable bonds is 2. The van der Waals surface area contributed by atoms with Gasteiger partial charge in [0, 0.05) is 17.4 Å². The molecule has 0 unspecified atom stereocenters. The second-order valence-electron chi connectivity index (χ2n) is 4.10. The summed E-state index contributed by atoms with van der Waals surface area (Å²) in [6, 6.07) is 2.59. The van der Waals surface area contributed by atoms with Crippen molar-refractivity contribution in [3.63, 3.8) is 0 Å². The van der Waals surface area contributed by atoms with Crippen molar-refractivity contribution in [3.8, 4) is 0 Å². The molecular weight excluding hydrogens is 174 g/mol. The van der Waals surface area contributed by atoms with Crippen molar-refractivity contribution in [3.05, 3.63) is 17.5 Å². The van der Waals surface area contributed by atoms with Gasteiger partial charge < -0.3 is 5.32 Å². The minimum atomic E-state index is 0.594. The predicted octanol–water partition coefficient (Wildman–Crippen LogP) is 2.45. The molecule has 0 bridgehead atoms. The highest BCUT2D eigenvalue weighted by molar-refractivity contribution is 5.29. The summed E-state index contributed by atoms with van der Waals surface area (Å²) in [5.74, 6) is 0.800. The third-order valence-corrected chi connectivity index (χ3v) is 2.67. The van der Waals surface area contributed by atoms with Gasteiger partial charge in [-0.2, -0.15) is 0 Å². The average Bonchev–Trinajstić information content (AvgIpc) is 2.54. The van der Waals surface area contributed by atoms with Crippen LogP contribution in [0.5, 0.6) is 0 Å². The molecule has 0 aromatic carbocycles. The highest BCUT2D eigenvalue weighted by Crippen LogP contribution is 2.20. The second-order valence-corrected chi connectivity index (χ2v) is 4.10. The van der Waals surface area contributed by atoms with Gasteiger partial charge in [0.25, 0.3) is 0 Å². The Labute approximate surface area is 85.0 Å². The maximum atomic E-state index is 4.38. The molecule has 3 nitrogen and oxygen atoms in total. The van der Waals surface area contributed by atoms with E-state index >= 15 is 0 Å². The van der Waals surface area contributed by atoms with Crippen molar-refractivity contribution in [1.82, 2.24) is 9.97 Å². The number of hydrogen-bond donors (Lipinski definition) is 1. The Kier molecular flexibility index (Phi) is 2.66. The predicted molar refractivity (Wildman–Crippen MR) is 57.4 cm³/mol. The van der Waals surface area contributed by atoms with E-state index in [1.54, 1.807) is 0 Å². The maximum absolute atomic E-state index is 4.38. The van der Waals surface area contributed by atoms with E-state index in [-0.39, 0.29) is 0 Å². The minimum absolute atomic E-state index is 0.594. The Morgan fingerprint density at radius 1 is 1.14 bits per heavy atom. The number of aromatic nitrogens is 2. The van der Waals surface area contributed by atoms with Crippen LogP contribution in [0.3, 0.4) is 0 Å². The van der Waals surface area contributed by atoms with Gasteiger partial charge in [0.2, 0.25) is 5.95 Å². The molecule has 14 heavy (non-hydrogen) atoms. The Morgan fingerprint density at radius 2 is 1.71 bits per heavy atom. The van der Waals surface area contributed by atoms with Gasteiger partial charge in [0.1, 0.15) is 0 Å². The molecule has 0 saturated heterocycles. The van der Waals surface area contributed by atoms with Gasteiger partial charge >= 0.3 is 0 Å². The van der Waals surface area contributed by atoms with Crippen molar-refractivity contribution in [1.29, 1.82) is 0 Å². The maximum Gasteiger partial charge on any atom is 0.223 e. The Morgan fingerprint density at radius 3 is 2.29 bits per heavy atom. The van der Waals surface area contributed by atoms with E-state index in [0.29, 0.717) is 6.04 Å². The van der Waals surface area contributed by atoms with E-state index in [0.717, 1.165) is 17.3 Å². The molecule has 1 aromatic heterocycles. The summed E-state index contributed by atoms with van der Waals surface area (Å²) in [6.45, 7) is 4.02. The van der Waals surface area contributed by atoms with E-state index in [2.05, 4.69) is 15.3 Å². The first-order valence-electron chi connectivity index (χ1n) is 5.33. The fraction of sp³-hybridized carbons (Fsp3) is 0.636. The zero-order valence-electron chi connectivity index (χ0n) is 8.88. The zero-order chi connectivity index (χ0) is 9.97. The van der Waals surface area contributed by atoms with Crippen LogP contribution in [0.4, 0.5) is 5.95 Å². The zero-order valence-corrected chi connectivity index (χ0v) is 8.88. The minimum Gasteiger partial charge on any atom is -0.351 e. The van der Waals surface area contributed by atoms with Gasteiger partial charge in [-0.25, -0.2) is 9.97 Å². The highest BCUT2D eigenvalue weighted by atomic mass is 15.1. The van der Waals surface area contributed by atoms with E-state index in [1.807, 2.05) is 19.9 Å². The van der Waals surface area contributed by atoms with E-state index in [9.17, 15) is 0 Å². The molecule has 1 aromatic rings. The van der Waals surface area contributed by atoms with Crippen molar-refractivity contribution >= 4 is 5.95 Å². The van der Waals surface area contributed by atoms with Crippen LogP contribution in [0.15, 0.2) is 6.07 Å². The summed E-state index contributed by atoms with van der Waals surface area (Å²) >= 11 is 0. The van der Waals surface area contributed by atoms with Crippen LogP contribution in [0.25, 0.3) is 0 Å². The van der Waals surface area contributed by atoms with Crippen LogP contribution < -0.4 is 5.32 Å². The van der Waals surface area contributed by atoms with Gasteiger partial charge in [0.05, 0.1) is 0 Å². The Hall–Kier alpha value is -1.12. The van der Waals surface area contributed by atoms with Crippen LogP contribution in [0, 0.1) is 13.8 Å². The second kappa shape index (κ2) is 3.95. The van der Waals surface area contributed by atoms with Gasteiger partial charge in [-0.1, -0.05) is 12.8 Å². The number of nitrogens with zero attached hydrogens (tertiary/aromatic N) is 2. The molecule has 1 heterocycles. The van der Waals surface area contributed by atoms with E-state index < -0.39 is 0 Å². The molecule has 0 radical (unpaired) electrons. The van der Waals surface area contributed by atoms with Crippen LogP contribution in [0.2, 0.25) is 0 Å². The summed E-state index contributed by atoms with van der Waals surface area (Å²) in [4.78, 5) is 8.75. The van der Waals surface area contributed by atoms with Gasteiger partial charge in [0.15, 0.2) is 0 Å². The average molecular weight is 191 g/mol. The number of anilines is 1. The lowest BCUT2D eigenvalue weighted by Gasteiger charge is -2.12. The molecule has 0 atom stereocenters. The first-order chi connectivity index (χ1) is 6.74. The third-order valence-electron chi connectivity index (χ3n) is 2.67. The van der Waals surface area contributed by atoms with Crippen LogP contribution in [0.1, 0.15) is 37.1 Å². The highest BCUT2D eigenvalue weighted by Gasteiger charge is 2.15. The molecule has 3 heteroatoms.